The molecule has 3 aliphatic rings. The Labute approximate surface area is 201 Å². The Kier molecular flexibility index (Phi) is 5.42. The molecule has 2 atom stereocenters. The van der Waals surface area contributed by atoms with Crippen molar-refractivity contribution in [2.24, 2.45) is 15.6 Å². The number of fused-ring (bicyclic) bond motifs is 1. The normalized spacial score (nSPS) is 24.9. The van der Waals surface area contributed by atoms with Gasteiger partial charge >= 0.3 is 0 Å². The summed E-state index contributed by atoms with van der Waals surface area (Å²) >= 11 is 0. The number of allylic oxidation sites excluding steroid dienone is 2. The van der Waals surface area contributed by atoms with Crippen molar-refractivity contribution in [1.29, 1.82) is 0 Å². The van der Waals surface area contributed by atoms with E-state index in [0.717, 1.165) is 58.7 Å². The summed E-state index contributed by atoms with van der Waals surface area (Å²) in [6.07, 6.45) is 6.58. The Morgan fingerprint density at radius 1 is 1.12 bits per heavy atom. The summed E-state index contributed by atoms with van der Waals surface area (Å²) in [6.45, 7) is 8.62. The Morgan fingerprint density at radius 3 is 2.68 bits per heavy atom. The number of hydrogen-bond acceptors (Lipinski definition) is 6. The minimum atomic E-state index is -0.536. The molecule has 6 nitrogen and oxygen atoms in total. The van der Waals surface area contributed by atoms with Crippen LogP contribution in [0.4, 0.5) is 11.4 Å². The van der Waals surface area contributed by atoms with E-state index in [9.17, 15) is 4.79 Å². The van der Waals surface area contributed by atoms with Crippen LogP contribution in [0.3, 0.4) is 0 Å². The zero-order chi connectivity index (χ0) is 24.1. The SMILES string of the molecule is CCc1cc(N(C)c2cccc(C3(CC)C4=CN=NC4NC4=C3C(=O)CC(C)(C)C4)c2)ccn1. The first kappa shape index (κ1) is 22.5. The van der Waals surface area contributed by atoms with Crippen LogP contribution in [0.1, 0.15) is 58.2 Å². The number of benzene rings is 1. The Balaban J connectivity index is 1.66. The van der Waals surface area contributed by atoms with Crippen molar-refractivity contribution in [3.8, 4) is 0 Å². The fraction of sp³-hybridized carbons (Fsp3) is 0.429. The van der Waals surface area contributed by atoms with Gasteiger partial charge in [0.25, 0.3) is 0 Å². The smallest absolute Gasteiger partial charge is 0.164 e. The number of anilines is 2. The number of aromatic nitrogens is 1. The second-order valence-corrected chi connectivity index (χ2v) is 10.4. The van der Waals surface area contributed by atoms with E-state index in [2.05, 4.69) is 90.5 Å². The van der Waals surface area contributed by atoms with Gasteiger partial charge in [-0.25, -0.2) is 0 Å². The van der Waals surface area contributed by atoms with Gasteiger partial charge in [0.15, 0.2) is 11.9 Å². The fourth-order valence-electron chi connectivity index (χ4n) is 5.89. The Morgan fingerprint density at radius 2 is 1.91 bits per heavy atom. The highest BCUT2D eigenvalue weighted by Crippen LogP contribution is 2.54. The molecule has 3 heterocycles. The molecule has 0 spiro atoms. The predicted molar refractivity (Wildman–Crippen MR) is 135 cm³/mol. The molecule has 2 aliphatic heterocycles. The maximum Gasteiger partial charge on any atom is 0.164 e. The number of ketones is 1. The highest BCUT2D eigenvalue weighted by Gasteiger charge is 2.53. The molecule has 1 aromatic carbocycles. The molecule has 1 aromatic heterocycles. The second-order valence-electron chi connectivity index (χ2n) is 10.4. The molecule has 1 N–H and O–H groups in total. The first-order chi connectivity index (χ1) is 16.3. The van der Waals surface area contributed by atoms with Crippen LogP contribution in [0.2, 0.25) is 0 Å². The number of carbonyl (C=O) groups is 1. The predicted octanol–water partition coefficient (Wildman–Crippen LogP) is 5.98. The van der Waals surface area contributed by atoms with Crippen LogP contribution in [0.15, 0.2) is 75.9 Å². The summed E-state index contributed by atoms with van der Waals surface area (Å²) < 4.78 is 0. The van der Waals surface area contributed by atoms with E-state index in [4.69, 9.17) is 0 Å². The molecule has 2 unspecified atom stereocenters. The number of aryl methyl sites for hydroxylation is 1. The lowest BCUT2D eigenvalue weighted by Crippen LogP contribution is -2.51. The van der Waals surface area contributed by atoms with Crippen LogP contribution in [0.25, 0.3) is 0 Å². The van der Waals surface area contributed by atoms with E-state index in [1.165, 1.54) is 0 Å². The van der Waals surface area contributed by atoms with Crippen molar-refractivity contribution in [2.45, 2.75) is 65.0 Å². The zero-order valence-corrected chi connectivity index (χ0v) is 20.7. The number of rotatable bonds is 5. The maximum absolute atomic E-state index is 13.7. The van der Waals surface area contributed by atoms with E-state index < -0.39 is 5.41 Å². The molecule has 6 heteroatoms. The van der Waals surface area contributed by atoms with Crippen molar-refractivity contribution < 1.29 is 4.79 Å². The van der Waals surface area contributed by atoms with Crippen LogP contribution in [-0.4, -0.2) is 24.0 Å². The quantitative estimate of drug-likeness (QED) is 0.602. The molecule has 0 amide bonds. The lowest BCUT2D eigenvalue weighted by molar-refractivity contribution is -0.119. The molecule has 176 valence electrons. The largest absolute Gasteiger partial charge is 0.362 e. The average molecular weight is 456 g/mol. The van der Waals surface area contributed by atoms with E-state index in [-0.39, 0.29) is 17.4 Å². The molecule has 0 saturated heterocycles. The molecule has 0 bridgehead atoms. The number of nitrogens with zero attached hydrogens (tertiary/aromatic N) is 4. The lowest BCUT2D eigenvalue weighted by Gasteiger charge is -2.48. The topological polar surface area (TPSA) is 70.0 Å². The molecule has 34 heavy (non-hydrogen) atoms. The van der Waals surface area contributed by atoms with Gasteiger partial charge in [-0.1, -0.05) is 39.8 Å². The van der Waals surface area contributed by atoms with Crippen LogP contribution < -0.4 is 10.2 Å². The van der Waals surface area contributed by atoms with Gasteiger partial charge in [0, 0.05) is 53.6 Å². The lowest BCUT2D eigenvalue weighted by atomic mass is 9.59. The molecule has 5 rings (SSSR count). The van der Waals surface area contributed by atoms with Crippen LogP contribution in [-0.2, 0) is 16.6 Å². The maximum atomic E-state index is 13.7. The summed E-state index contributed by atoms with van der Waals surface area (Å²) in [5, 5.41) is 12.3. The molecular formula is C28H33N5O. The van der Waals surface area contributed by atoms with Crippen LogP contribution in [0, 0.1) is 5.41 Å². The monoisotopic (exact) mass is 455 g/mol. The summed E-state index contributed by atoms with van der Waals surface area (Å²) in [7, 11) is 2.08. The molecule has 2 aromatic rings. The van der Waals surface area contributed by atoms with Gasteiger partial charge in [-0.2, -0.15) is 10.2 Å². The van der Waals surface area contributed by atoms with Crippen molar-refractivity contribution in [2.75, 3.05) is 11.9 Å². The molecule has 1 aliphatic carbocycles. The Hall–Kier alpha value is -3.28. The molecule has 0 saturated carbocycles. The van der Waals surface area contributed by atoms with Gasteiger partial charge in [0.05, 0.1) is 11.6 Å². The minimum absolute atomic E-state index is 0.0697. The van der Waals surface area contributed by atoms with Gasteiger partial charge in [-0.15, -0.1) is 0 Å². The third-order valence-corrected chi connectivity index (χ3v) is 7.59. The summed E-state index contributed by atoms with van der Waals surface area (Å²) in [4.78, 5) is 20.3. The van der Waals surface area contributed by atoms with E-state index in [0.29, 0.717) is 6.42 Å². The van der Waals surface area contributed by atoms with Gasteiger partial charge in [0.2, 0.25) is 0 Å². The number of hydrogen-bond donors (Lipinski definition) is 1. The highest BCUT2D eigenvalue weighted by molar-refractivity contribution is 6.01. The zero-order valence-electron chi connectivity index (χ0n) is 20.7. The first-order valence-electron chi connectivity index (χ1n) is 12.2. The number of carbonyl (C=O) groups excluding carboxylic acids is 1. The fourth-order valence-corrected chi connectivity index (χ4v) is 5.89. The first-order valence-corrected chi connectivity index (χ1v) is 12.2. The summed E-state index contributed by atoms with van der Waals surface area (Å²) in [5.41, 5.74) is 6.76. The van der Waals surface area contributed by atoms with Gasteiger partial charge in [-0.05, 0) is 54.5 Å². The molecule has 0 radical (unpaired) electrons. The van der Waals surface area contributed by atoms with Crippen LogP contribution in [0.5, 0.6) is 0 Å². The summed E-state index contributed by atoms with van der Waals surface area (Å²) in [5.74, 6) is 0.229. The van der Waals surface area contributed by atoms with Crippen molar-refractivity contribution in [1.82, 2.24) is 10.3 Å². The third kappa shape index (κ3) is 3.47. The molecule has 0 fully saturated rings. The number of nitrogens with one attached hydrogen (secondary N) is 1. The van der Waals surface area contributed by atoms with Gasteiger partial charge in [-0.3, -0.25) is 9.78 Å². The van der Waals surface area contributed by atoms with Crippen molar-refractivity contribution in [3.05, 3.63) is 76.9 Å². The third-order valence-electron chi connectivity index (χ3n) is 7.59. The molecular weight excluding hydrogens is 422 g/mol. The standard InChI is InChI=1S/C28H33N5O/c1-6-19-14-21(11-12-29-19)33(5)20-10-8-9-18(13-20)28(7-2)22-17-30-32-26(22)31-23-15-27(3,4)16-24(34)25(23)28/h8-14,17,26,31H,6-7,15-16H2,1-5H3. The summed E-state index contributed by atoms with van der Waals surface area (Å²) in [6, 6.07) is 12.8. The Bertz CT molecular complexity index is 1240. The van der Waals surface area contributed by atoms with Crippen molar-refractivity contribution in [3.63, 3.8) is 0 Å². The minimum Gasteiger partial charge on any atom is -0.362 e. The van der Waals surface area contributed by atoms with Crippen LogP contribution >= 0.6 is 0 Å². The van der Waals surface area contributed by atoms with Gasteiger partial charge < -0.3 is 10.2 Å². The van der Waals surface area contributed by atoms with E-state index in [1.54, 1.807) is 0 Å². The average Bonchev–Trinajstić information content (AvgIpc) is 3.30. The van der Waals surface area contributed by atoms with E-state index >= 15 is 0 Å². The van der Waals surface area contributed by atoms with Crippen molar-refractivity contribution >= 4 is 17.2 Å². The number of Topliss-reactive ketones (excluding diaryl/α,β-unsaturated/α-hetero) is 1. The van der Waals surface area contributed by atoms with Gasteiger partial charge in [0.1, 0.15) is 0 Å². The number of azo groups is 1. The number of pyridine rings is 1. The second kappa shape index (κ2) is 8.19. The van der Waals surface area contributed by atoms with E-state index in [1.807, 2.05) is 18.5 Å². The highest BCUT2D eigenvalue weighted by atomic mass is 16.1.